The van der Waals surface area contributed by atoms with E-state index in [9.17, 15) is 4.79 Å². The van der Waals surface area contributed by atoms with Crippen LogP contribution in [0, 0.1) is 5.92 Å². The number of carbonyl (C=O) groups excluding carboxylic acids is 1. The van der Waals surface area contributed by atoms with Crippen molar-refractivity contribution >= 4 is 5.97 Å². The second-order valence-electron chi connectivity index (χ2n) is 15.6. The van der Waals surface area contributed by atoms with Crippen LogP contribution in [0.1, 0.15) is 252 Å². The maximum Gasteiger partial charge on any atom is 0.305 e. The van der Waals surface area contributed by atoms with Crippen molar-refractivity contribution in [1.82, 2.24) is 0 Å². The Morgan fingerprint density at radius 3 is 1.24 bits per heavy atom. The first kappa shape index (κ1) is 48.7. The molecular weight excluding hydrogens is 609 g/mol. The summed E-state index contributed by atoms with van der Waals surface area (Å²) in [5.41, 5.74) is 0. The second kappa shape index (κ2) is 43.9. The summed E-state index contributed by atoms with van der Waals surface area (Å²) < 4.78 is 5.46. The first-order valence-electron chi connectivity index (χ1n) is 22.8. The maximum atomic E-state index is 12.0. The minimum Gasteiger partial charge on any atom is -0.466 e. The van der Waals surface area contributed by atoms with Crippen molar-refractivity contribution in [2.75, 3.05) is 6.61 Å². The molecule has 0 fully saturated rings. The highest BCUT2D eigenvalue weighted by Crippen LogP contribution is 2.17. The Balaban J connectivity index is 3.19. The lowest BCUT2D eigenvalue weighted by atomic mass is 9.99. The molecule has 0 aromatic rings. The van der Waals surface area contributed by atoms with Gasteiger partial charge >= 0.3 is 5.97 Å². The van der Waals surface area contributed by atoms with Gasteiger partial charge in [0.1, 0.15) is 0 Å². The van der Waals surface area contributed by atoms with E-state index in [1.54, 1.807) is 0 Å². The monoisotopic (exact) mass is 699 g/mol. The van der Waals surface area contributed by atoms with E-state index in [1.165, 1.54) is 186 Å². The number of unbranched alkanes of at least 4 members (excludes halogenated alkanes) is 28. The summed E-state index contributed by atoms with van der Waals surface area (Å²) in [7, 11) is 0. The largest absolute Gasteiger partial charge is 0.466 e. The molecule has 0 heterocycles. The Morgan fingerprint density at radius 2 is 0.800 bits per heavy atom. The number of esters is 1. The molecule has 0 radical (unpaired) electrons. The summed E-state index contributed by atoms with van der Waals surface area (Å²) in [6.07, 6.45) is 61.1. The predicted molar refractivity (Wildman–Crippen MR) is 225 cm³/mol. The van der Waals surface area contributed by atoms with Crippen LogP contribution >= 0.6 is 0 Å². The van der Waals surface area contributed by atoms with Crippen molar-refractivity contribution < 1.29 is 9.53 Å². The molecule has 2 nitrogen and oxygen atoms in total. The molecular formula is C48H90O2. The molecule has 0 spiro atoms. The molecule has 1 unspecified atom stereocenters. The van der Waals surface area contributed by atoms with E-state index in [2.05, 4.69) is 57.2 Å². The van der Waals surface area contributed by atoms with Crippen molar-refractivity contribution in [2.24, 2.45) is 5.92 Å². The fourth-order valence-corrected chi connectivity index (χ4v) is 6.83. The quantitative estimate of drug-likeness (QED) is 0.0361. The number of hydrogen-bond donors (Lipinski definition) is 0. The summed E-state index contributed by atoms with van der Waals surface area (Å²) in [6.45, 7) is 7.51. The molecule has 1 atom stereocenters. The summed E-state index contributed by atoms with van der Waals surface area (Å²) in [5, 5.41) is 0. The Bertz CT molecular complexity index is 734. The van der Waals surface area contributed by atoms with Crippen LogP contribution in [0.4, 0.5) is 0 Å². The second-order valence-corrected chi connectivity index (χ2v) is 15.6. The van der Waals surface area contributed by atoms with E-state index < -0.39 is 0 Å². The molecule has 0 rings (SSSR count). The van der Waals surface area contributed by atoms with Crippen LogP contribution in [0.25, 0.3) is 0 Å². The molecule has 0 N–H and O–H groups in total. The van der Waals surface area contributed by atoms with Gasteiger partial charge in [-0.05, 0) is 50.9 Å². The van der Waals surface area contributed by atoms with Crippen molar-refractivity contribution in [2.45, 2.75) is 252 Å². The third kappa shape index (κ3) is 42.9. The number of hydrogen-bond acceptors (Lipinski definition) is 2. The zero-order chi connectivity index (χ0) is 36.3. The van der Waals surface area contributed by atoms with Crippen LogP contribution in [0.2, 0.25) is 0 Å². The molecule has 2 heteroatoms. The van der Waals surface area contributed by atoms with E-state index in [4.69, 9.17) is 4.74 Å². The zero-order valence-corrected chi connectivity index (χ0v) is 34.5. The standard InChI is InChI=1S/C48H90O2/c1-4-6-7-8-9-10-11-12-23-27-30-33-36-39-42-45-48(49)50-46-43-40-37-34-31-28-25-22-20-18-16-14-13-15-17-19-21-24-26-29-32-35-38-41-44-47(3)5-2/h6-7,9-10,12,23,47H,4-5,8,11,13-22,24-46H2,1-3H3/b7-6-,10-9-,23-12-. The Labute approximate surface area is 315 Å². The van der Waals surface area contributed by atoms with Crippen LogP contribution < -0.4 is 0 Å². The van der Waals surface area contributed by atoms with Gasteiger partial charge in [-0.1, -0.05) is 237 Å². The van der Waals surface area contributed by atoms with Gasteiger partial charge in [-0.3, -0.25) is 4.79 Å². The van der Waals surface area contributed by atoms with Gasteiger partial charge in [0.25, 0.3) is 0 Å². The van der Waals surface area contributed by atoms with Crippen LogP contribution in [0.3, 0.4) is 0 Å². The molecule has 0 aromatic carbocycles. The van der Waals surface area contributed by atoms with Gasteiger partial charge in [0.2, 0.25) is 0 Å². The summed E-state index contributed by atoms with van der Waals surface area (Å²) in [5.74, 6) is 0.946. The molecule has 0 aliphatic heterocycles. The average molecular weight is 699 g/mol. The van der Waals surface area contributed by atoms with Crippen molar-refractivity contribution in [3.05, 3.63) is 36.5 Å². The molecule has 0 aromatic heterocycles. The smallest absolute Gasteiger partial charge is 0.305 e. The average Bonchev–Trinajstić information content (AvgIpc) is 3.12. The molecule has 0 bridgehead atoms. The van der Waals surface area contributed by atoms with E-state index in [-0.39, 0.29) is 5.97 Å². The molecule has 294 valence electrons. The number of rotatable bonds is 41. The third-order valence-electron chi connectivity index (χ3n) is 10.6. The minimum atomic E-state index is 0.01000. The van der Waals surface area contributed by atoms with Crippen molar-refractivity contribution in [3.63, 3.8) is 0 Å². The molecule has 0 amide bonds. The highest BCUT2D eigenvalue weighted by Gasteiger charge is 2.03. The van der Waals surface area contributed by atoms with Crippen LogP contribution in [-0.2, 0) is 9.53 Å². The number of ether oxygens (including phenoxy) is 1. The van der Waals surface area contributed by atoms with Gasteiger partial charge in [0.05, 0.1) is 6.61 Å². The zero-order valence-electron chi connectivity index (χ0n) is 34.5. The fourth-order valence-electron chi connectivity index (χ4n) is 6.83. The van der Waals surface area contributed by atoms with Gasteiger partial charge in [-0.15, -0.1) is 0 Å². The molecule has 0 aliphatic carbocycles. The van der Waals surface area contributed by atoms with E-state index in [0.29, 0.717) is 13.0 Å². The third-order valence-corrected chi connectivity index (χ3v) is 10.6. The minimum absolute atomic E-state index is 0.01000. The highest BCUT2D eigenvalue weighted by atomic mass is 16.5. The van der Waals surface area contributed by atoms with Crippen LogP contribution in [-0.4, -0.2) is 12.6 Å². The van der Waals surface area contributed by atoms with Gasteiger partial charge in [0, 0.05) is 6.42 Å². The van der Waals surface area contributed by atoms with E-state index in [1.807, 2.05) is 0 Å². The van der Waals surface area contributed by atoms with Gasteiger partial charge < -0.3 is 4.74 Å². The van der Waals surface area contributed by atoms with Crippen LogP contribution in [0.5, 0.6) is 0 Å². The van der Waals surface area contributed by atoms with E-state index in [0.717, 1.165) is 44.4 Å². The summed E-state index contributed by atoms with van der Waals surface area (Å²) in [4.78, 5) is 12.0. The summed E-state index contributed by atoms with van der Waals surface area (Å²) in [6, 6.07) is 0. The Kier molecular flexibility index (Phi) is 42.7. The lowest BCUT2D eigenvalue weighted by Crippen LogP contribution is -2.05. The first-order chi connectivity index (χ1) is 24.7. The predicted octanol–water partition coefficient (Wildman–Crippen LogP) is 16.9. The number of carbonyl (C=O) groups is 1. The van der Waals surface area contributed by atoms with Gasteiger partial charge in [0.15, 0.2) is 0 Å². The SMILES string of the molecule is CC/C=C\C/C=C\C/C=C\CCCCCCCC(=O)OCCCCCCCCCCCCCCCCCCCCCCCCCCC(C)CC. The van der Waals surface area contributed by atoms with Crippen molar-refractivity contribution in [1.29, 1.82) is 0 Å². The summed E-state index contributed by atoms with van der Waals surface area (Å²) >= 11 is 0. The van der Waals surface area contributed by atoms with Crippen molar-refractivity contribution in [3.8, 4) is 0 Å². The lowest BCUT2D eigenvalue weighted by Gasteiger charge is -2.07. The lowest BCUT2D eigenvalue weighted by molar-refractivity contribution is -0.143. The van der Waals surface area contributed by atoms with Gasteiger partial charge in [-0.2, -0.15) is 0 Å². The number of allylic oxidation sites excluding steroid dienone is 6. The maximum absolute atomic E-state index is 12.0. The van der Waals surface area contributed by atoms with Crippen LogP contribution in [0.15, 0.2) is 36.5 Å². The molecule has 0 saturated heterocycles. The normalized spacial score (nSPS) is 12.6. The molecule has 0 saturated carbocycles. The Morgan fingerprint density at radius 1 is 0.440 bits per heavy atom. The molecule has 0 aliphatic rings. The van der Waals surface area contributed by atoms with E-state index >= 15 is 0 Å². The highest BCUT2D eigenvalue weighted by molar-refractivity contribution is 5.69. The molecule has 50 heavy (non-hydrogen) atoms. The fraction of sp³-hybridized carbons (Fsp3) is 0.854. The Hall–Kier alpha value is -1.31. The first-order valence-corrected chi connectivity index (χ1v) is 22.8. The topological polar surface area (TPSA) is 26.3 Å². The van der Waals surface area contributed by atoms with Gasteiger partial charge in [-0.25, -0.2) is 0 Å².